The Morgan fingerprint density at radius 3 is 2.43 bits per heavy atom. The number of aliphatic carboxylic acids is 1. The summed E-state index contributed by atoms with van der Waals surface area (Å²) >= 11 is 0. The number of sulfone groups is 1. The van der Waals surface area contributed by atoms with Crippen LogP contribution in [0.4, 0.5) is 0 Å². The first-order chi connectivity index (χ1) is 10.8. The molecule has 1 aromatic heterocycles. The van der Waals surface area contributed by atoms with Crippen molar-refractivity contribution >= 4 is 21.6 Å². The number of benzene rings is 1. The molecule has 0 saturated heterocycles. The average Bonchev–Trinajstić information content (AvgIpc) is 3.05. The summed E-state index contributed by atoms with van der Waals surface area (Å²) in [6.45, 7) is 0.315. The second kappa shape index (κ2) is 5.34. The number of nitrogens with zero attached hydrogens (tertiary/aromatic N) is 1. The number of fused-ring (bicyclic) bond motifs is 1. The van der Waals surface area contributed by atoms with Crippen LogP contribution in [0.25, 0.3) is 0 Å². The summed E-state index contributed by atoms with van der Waals surface area (Å²) in [7, 11) is -3.65. The smallest absolute Gasteiger partial charge is 0.312 e. The van der Waals surface area contributed by atoms with E-state index in [1.807, 2.05) is 0 Å². The van der Waals surface area contributed by atoms with Crippen molar-refractivity contribution in [2.75, 3.05) is 6.26 Å². The molecule has 0 amide bonds. The lowest BCUT2D eigenvalue weighted by Gasteiger charge is -2.07. The average molecular weight is 333 g/mol. The summed E-state index contributed by atoms with van der Waals surface area (Å²) in [4.78, 5) is 24.0. The minimum atomic E-state index is -3.65. The van der Waals surface area contributed by atoms with Gasteiger partial charge in [-0.1, -0.05) is 30.3 Å². The van der Waals surface area contributed by atoms with Crippen LogP contribution in [-0.2, 0) is 21.2 Å². The van der Waals surface area contributed by atoms with E-state index in [2.05, 4.69) is 0 Å². The minimum Gasteiger partial charge on any atom is -0.481 e. The summed E-state index contributed by atoms with van der Waals surface area (Å²) < 4.78 is 25.6. The number of hydrogen-bond donors (Lipinski definition) is 1. The van der Waals surface area contributed by atoms with Gasteiger partial charge in [0.05, 0.1) is 10.8 Å². The molecule has 0 spiro atoms. The van der Waals surface area contributed by atoms with Crippen molar-refractivity contribution < 1.29 is 23.1 Å². The van der Waals surface area contributed by atoms with Gasteiger partial charge in [-0.15, -0.1) is 0 Å². The van der Waals surface area contributed by atoms with Gasteiger partial charge in [-0.2, -0.15) is 0 Å². The summed E-state index contributed by atoms with van der Waals surface area (Å²) in [5.41, 5.74) is 0.798. The Morgan fingerprint density at radius 2 is 1.87 bits per heavy atom. The summed E-state index contributed by atoms with van der Waals surface area (Å²) in [5.74, 6) is -2.21. The van der Waals surface area contributed by atoms with Gasteiger partial charge in [0.15, 0.2) is 9.84 Å². The first kappa shape index (κ1) is 15.5. The van der Waals surface area contributed by atoms with Crippen LogP contribution in [0.3, 0.4) is 0 Å². The van der Waals surface area contributed by atoms with Crippen LogP contribution in [-0.4, -0.2) is 36.1 Å². The predicted octanol–water partition coefficient (Wildman–Crippen LogP) is 1.69. The van der Waals surface area contributed by atoms with E-state index in [1.165, 1.54) is 10.6 Å². The topological polar surface area (TPSA) is 93.4 Å². The number of carbonyl (C=O) groups is 2. The third-order valence-corrected chi connectivity index (χ3v) is 5.15. The molecule has 0 fully saturated rings. The molecule has 1 N–H and O–H groups in total. The van der Waals surface area contributed by atoms with E-state index < -0.39 is 27.5 Å². The zero-order valence-electron chi connectivity index (χ0n) is 12.4. The van der Waals surface area contributed by atoms with Gasteiger partial charge in [0.1, 0.15) is 5.69 Å². The van der Waals surface area contributed by atoms with E-state index in [-0.39, 0.29) is 10.6 Å². The first-order valence-electron chi connectivity index (χ1n) is 7.06. The molecule has 23 heavy (non-hydrogen) atoms. The van der Waals surface area contributed by atoms with Gasteiger partial charge >= 0.3 is 5.97 Å². The fourth-order valence-corrected chi connectivity index (χ4v) is 3.86. The number of hydrogen-bond acceptors (Lipinski definition) is 4. The van der Waals surface area contributed by atoms with E-state index in [4.69, 9.17) is 0 Å². The van der Waals surface area contributed by atoms with E-state index in [0.29, 0.717) is 24.2 Å². The van der Waals surface area contributed by atoms with Crippen molar-refractivity contribution in [2.24, 2.45) is 0 Å². The van der Waals surface area contributed by atoms with E-state index in [0.717, 1.165) is 6.26 Å². The quantitative estimate of drug-likeness (QED) is 0.860. The highest BCUT2D eigenvalue weighted by Gasteiger charge is 2.36. The Labute approximate surface area is 133 Å². The first-order valence-corrected chi connectivity index (χ1v) is 8.96. The molecule has 1 aromatic carbocycles. The second-order valence-corrected chi connectivity index (χ2v) is 7.56. The summed E-state index contributed by atoms with van der Waals surface area (Å²) in [5, 5.41) is 9.27. The highest BCUT2D eigenvalue weighted by atomic mass is 32.2. The molecule has 3 rings (SSSR count). The molecule has 1 aliphatic heterocycles. The second-order valence-electron chi connectivity index (χ2n) is 5.58. The summed E-state index contributed by atoms with van der Waals surface area (Å²) in [6, 6.07) is 9.70. The van der Waals surface area contributed by atoms with Crippen LogP contribution in [0.15, 0.2) is 41.3 Å². The molecule has 7 heteroatoms. The predicted molar refractivity (Wildman–Crippen MR) is 82.4 cm³/mol. The molecular weight excluding hydrogens is 318 g/mol. The SMILES string of the molecule is CS(=O)(=O)c1cc2n(c1C(=O)c1ccccc1)CCC2C(=O)O. The van der Waals surface area contributed by atoms with Crippen molar-refractivity contribution in [3.63, 3.8) is 0 Å². The Bertz CT molecular complexity index is 896. The van der Waals surface area contributed by atoms with Crippen LogP contribution in [0, 0.1) is 0 Å². The largest absolute Gasteiger partial charge is 0.481 e. The molecule has 6 nitrogen and oxygen atoms in total. The standard InChI is InChI=1S/C16H15NO5S/c1-23(21,22)13-9-12-11(16(19)20)7-8-17(12)14(13)15(18)10-5-3-2-4-6-10/h2-6,9,11H,7-8H2,1H3,(H,19,20). The summed E-state index contributed by atoms with van der Waals surface area (Å²) in [6.07, 6.45) is 1.37. The lowest BCUT2D eigenvalue weighted by atomic mass is 10.1. The Balaban J connectivity index is 2.22. The molecule has 120 valence electrons. The fourth-order valence-electron chi connectivity index (χ4n) is 2.97. The monoisotopic (exact) mass is 333 g/mol. The molecule has 0 bridgehead atoms. The molecule has 1 unspecified atom stereocenters. The number of ketones is 1. The minimum absolute atomic E-state index is 0.0532. The highest BCUT2D eigenvalue weighted by Crippen LogP contribution is 2.35. The number of carboxylic acids is 1. The molecule has 0 saturated carbocycles. The normalized spacial score (nSPS) is 17.0. The van der Waals surface area contributed by atoms with Crippen molar-refractivity contribution in [1.29, 1.82) is 0 Å². The molecular formula is C16H15NO5S. The maximum Gasteiger partial charge on any atom is 0.312 e. The molecule has 1 atom stereocenters. The molecule has 0 aliphatic carbocycles. The molecule has 2 heterocycles. The van der Waals surface area contributed by atoms with Gasteiger partial charge in [-0.25, -0.2) is 8.42 Å². The third kappa shape index (κ3) is 2.57. The maximum absolute atomic E-state index is 12.8. The van der Waals surface area contributed by atoms with Crippen LogP contribution in [0.5, 0.6) is 0 Å². The lowest BCUT2D eigenvalue weighted by molar-refractivity contribution is -0.138. The number of rotatable bonds is 4. The number of aromatic nitrogens is 1. The van der Waals surface area contributed by atoms with Gasteiger partial charge in [0, 0.05) is 24.1 Å². The Kier molecular flexibility index (Phi) is 3.60. The zero-order chi connectivity index (χ0) is 16.8. The van der Waals surface area contributed by atoms with Crippen LogP contribution in [0.1, 0.15) is 34.1 Å². The van der Waals surface area contributed by atoms with Gasteiger partial charge in [-0.05, 0) is 12.5 Å². The lowest BCUT2D eigenvalue weighted by Crippen LogP contribution is -2.13. The van der Waals surface area contributed by atoms with Crippen LogP contribution < -0.4 is 0 Å². The van der Waals surface area contributed by atoms with E-state index in [1.54, 1.807) is 30.3 Å². The van der Waals surface area contributed by atoms with Crippen molar-refractivity contribution in [3.8, 4) is 0 Å². The Hall–Kier alpha value is -2.41. The fraction of sp³-hybridized carbons (Fsp3) is 0.250. The van der Waals surface area contributed by atoms with E-state index in [9.17, 15) is 23.1 Å². The van der Waals surface area contributed by atoms with E-state index >= 15 is 0 Å². The van der Waals surface area contributed by atoms with Crippen molar-refractivity contribution in [3.05, 3.63) is 53.3 Å². The molecule has 1 aliphatic rings. The number of carbonyl (C=O) groups excluding carboxylic acids is 1. The van der Waals surface area contributed by atoms with Gasteiger partial charge in [-0.3, -0.25) is 9.59 Å². The van der Waals surface area contributed by atoms with Gasteiger partial charge in [0.25, 0.3) is 0 Å². The molecule has 2 aromatic rings. The van der Waals surface area contributed by atoms with Crippen molar-refractivity contribution in [1.82, 2.24) is 4.57 Å². The van der Waals surface area contributed by atoms with Crippen molar-refractivity contribution in [2.45, 2.75) is 23.8 Å². The van der Waals surface area contributed by atoms with Crippen LogP contribution >= 0.6 is 0 Å². The third-order valence-electron chi connectivity index (χ3n) is 4.04. The van der Waals surface area contributed by atoms with Gasteiger partial charge in [0.2, 0.25) is 5.78 Å². The van der Waals surface area contributed by atoms with Crippen LogP contribution in [0.2, 0.25) is 0 Å². The zero-order valence-corrected chi connectivity index (χ0v) is 13.2. The maximum atomic E-state index is 12.8. The van der Waals surface area contributed by atoms with Gasteiger partial charge < -0.3 is 9.67 Å². The molecule has 0 radical (unpaired) electrons. The number of carboxylic acid groups (broad SMARTS) is 1. The Morgan fingerprint density at radius 1 is 1.22 bits per heavy atom. The highest BCUT2D eigenvalue weighted by molar-refractivity contribution is 7.90.